The molecule has 1 aliphatic rings. The van der Waals surface area contributed by atoms with Gasteiger partial charge in [0.25, 0.3) is 0 Å². The van der Waals surface area contributed by atoms with Crippen LogP contribution in [-0.2, 0) is 4.79 Å². The molecule has 4 nitrogen and oxygen atoms in total. The molecule has 0 spiro atoms. The second kappa shape index (κ2) is 8.15. The summed E-state index contributed by atoms with van der Waals surface area (Å²) in [6.45, 7) is 3.95. The predicted molar refractivity (Wildman–Crippen MR) is 118 cm³/mol. The van der Waals surface area contributed by atoms with Gasteiger partial charge in [-0.3, -0.25) is 4.79 Å². The molecule has 30 heavy (non-hydrogen) atoms. The van der Waals surface area contributed by atoms with E-state index in [-0.39, 0.29) is 17.5 Å². The average molecular weight is 400 g/mol. The van der Waals surface area contributed by atoms with Gasteiger partial charge in [-0.2, -0.15) is 0 Å². The molecule has 3 aromatic rings. The molecule has 1 aliphatic carbocycles. The summed E-state index contributed by atoms with van der Waals surface area (Å²) in [5, 5.41) is 11.6. The maximum Gasteiger partial charge on any atom is 0.336 e. The number of benzene rings is 3. The topological polar surface area (TPSA) is 63.6 Å². The number of allylic oxidation sites excluding steroid dienone is 1. The third kappa shape index (κ3) is 3.86. The Balaban J connectivity index is 1.88. The van der Waals surface area contributed by atoms with Crippen molar-refractivity contribution in [3.63, 3.8) is 0 Å². The van der Waals surface area contributed by atoms with Gasteiger partial charge in [-0.05, 0) is 56.0 Å². The molecule has 0 radical (unpaired) electrons. The summed E-state index contributed by atoms with van der Waals surface area (Å²) in [6.07, 6.45) is 4.73. The van der Waals surface area contributed by atoms with Crippen molar-refractivity contribution in [3.8, 4) is 16.9 Å². The van der Waals surface area contributed by atoms with E-state index in [1.807, 2.05) is 56.3 Å². The first kappa shape index (κ1) is 19.9. The quantitative estimate of drug-likeness (QED) is 0.323. The van der Waals surface area contributed by atoms with E-state index in [0.717, 1.165) is 35.6 Å². The van der Waals surface area contributed by atoms with E-state index in [2.05, 4.69) is 0 Å². The Morgan fingerprint density at radius 1 is 1.03 bits per heavy atom. The summed E-state index contributed by atoms with van der Waals surface area (Å²) < 4.78 is 5.89. The normalized spacial score (nSPS) is 16.2. The molecule has 0 bridgehead atoms. The Morgan fingerprint density at radius 2 is 1.83 bits per heavy atom. The minimum Gasteiger partial charge on any atom is -0.478 e. The highest BCUT2D eigenvalue weighted by molar-refractivity contribution is 6.06. The van der Waals surface area contributed by atoms with Gasteiger partial charge in [-0.1, -0.05) is 59.7 Å². The van der Waals surface area contributed by atoms with Crippen molar-refractivity contribution in [2.75, 3.05) is 0 Å². The molecule has 4 rings (SSSR count). The van der Waals surface area contributed by atoms with Crippen LogP contribution in [0.3, 0.4) is 0 Å². The number of carboxylic acid groups (broad SMARTS) is 1. The van der Waals surface area contributed by atoms with Crippen LogP contribution in [0.15, 0.2) is 66.2 Å². The molecule has 4 heteroatoms. The van der Waals surface area contributed by atoms with E-state index in [4.69, 9.17) is 4.74 Å². The zero-order valence-corrected chi connectivity index (χ0v) is 17.1. The molecule has 1 N–H and O–H groups in total. The second-order valence-electron chi connectivity index (χ2n) is 7.95. The number of rotatable bonds is 4. The molecule has 1 atom stereocenters. The van der Waals surface area contributed by atoms with E-state index in [1.54, 1.807) is 18.2 Å². The maximum atomic E-state index is 12.9. The van der Waals surface area contributed by atoms with Gasteiger partial charge in [-0.15, -0.1) is 0 Å². The lowest BCUT2D eigenvalue weighted by Crippen LogP contribution is -2.21. The number of hydrogen-bond donors (Lipinski definition) is 1. The predicted octanol–water partition coefficient (Wildman–Crippen LogP) is 6.17. The van der Waals surface area contributed by atoms with E-state index in [1.165, 1.54) is 5.57 Å². The van der Waals surface area contributed by atoms with Crippen molar-refractivity contribution in [1.82, 2.24) is 0 Å². The van der Waals surface area contributed by atoms with E-state index >= 15 is 0 Å². The second-order valence-corrected chi connectivity index (χ2v) is 7.95. The van der Waals surface area contributed by atoms with Gasteiger partial charge in [0.05, 0.1) is 11.5 Å². The lowest BCUT2D eigenvalue weighted by atomic mass is 9.91. The third-order valence-corrected chi connectivity index (χ3v) is 5.65. The first-order valence-electron chi connectivity index (χ1n) is 10.2. The molecule has 0 fully saturated rings. The minimum absolute atomic E-state index is 0.183. The summed E-state index contributed by atoms with van der Waals surface area (Å²) in [7, 11) is 0. The first-order chi connectivity index (χ1) is 14.4. The Labute approximate surface area is 175 Å². The van der Waals surface area contributed by atoms with E-state index < -0.39 is 5.97 Å². The van der Waals surface area contributed by atoms with Crippen LogP contribution in [-0.4, -0.2) is 17.0 Å². The van der Waals surface area contributed by atoms with Gasteiger partial charge in [0.15, 0.2) is 0 Å². The van der Waals surface area contributed by atoms with Gasteiger partial charge in [0.2, 0.25) is 0 Å². The highest BCUT2D eigenvalue weighted by Gasteiger charge is 2.24. The number of aryl methyl sites for hydroxylation is 1. The van der Waals surface area contributed by atoms with E-state index in [9.17, 15) is 14.7 Å². The molecule has 1 unspecified atom stereocenters. The van der Waals surface area contributed by atoms with Crippen LogP contribution in [0.25, 0.3) is 21.9 Å². The molecular weight excluding hydrogens is 376 g/mol. The largest absolute Gasteiger partial charge is 0.478 e. The number of aromatic carboxylic acids is 1. The SMILES string of the molecule is CC1=CC(C(=O)Oc2ccc3ccccc3c2-c2cc(C)ccc2C(=O)O)CCC1. The van der Waals surface area contributed by atoms with Crippen molar-refractivity contribution in [2.24, 2.45) is 5.92 Å². The average Bonchev–Trinajstić information content (AvgIpc) is 2.73. The van der Waals surface area contributed by atoms with Crippen LogP contribution >= 0.6 is 0 Å². The Morgan fingerprint density at radius 3 is 2.60 bits per heavy atom. The number of fused-ring (bicyclic) bond motifs is 1. The van der Waals surface area contributed by atoms with Crippen molar-refractivity contribution >= 4 is 22.7 Å². The van der Waals surface area contributed by atoms with Gasteiger partial charge in [0.1, 0.15) is 5.75 Å². The minimum atomic E-state index is -1.01. The summed E-state index contributed by atoms with van der Waals surface area (Å²) in [6, 6.07) is 16.6. The Bertz CT molecular complexity index is 1170. The van der Waals surface area contributed by atoms with Crippen LogP contribution in [0, 0.1) is 12.8 Å². The Hall–Kier alpha value is -3.40. The summed E-state index contributed by atoms with van der Waals surface area (Å²) in [5.41, 5.74) is 3.51. The molecule has 0 saturated heterocycles. The van der Waals surface area contributed by atoms with Crippen molar-refractivity contribution in [3.05, 3.63) is 77.4 Å². The molecule has 3 aromatic carbocycles. The van der Waals surface area contributed by atoms with Gasteiger partial charge >= 0.3 is 11.9 Å². The molecule has 0 saturated carbocycles. The molecule has 0 aromatic heterocycles. The lowest BCUT2D eigenvalue weighted by molar-refractivity contribution is -0.137. The third-order valence-electron chi connectivity index (χ3n) is 5.65. The zero-order chi connectivity index (χ0) is 21.3. The van der Waals surface area contributed by atoms with Crippen LogP contribution in [0.5, 0.6) is 5.75 Å². The summed E-state index contributed by atoms with van der Waals surface area (Å²) in [4.78, 5) is 24.9. The highest BCUT2D eigenvalue weighted by atomic mass is 16.5. The lowest BCUT2D eigenvalue weighted by Gasteiger charge is -2.20. The smallest absolute Gasteiger partial charge is 0.336 e. The van der Waals surface area contributed by atoms with Crippen molar-refractivity contribution in [1.29, 1.82) is 0 Å². The van der Waals surface area contributed by atoms with Crippen molar-refractivity contribution < 1.29 is 19.4 Å². The molecule has 0 aliphatic heterocycles. The van der Waals surface area contributed by atoms with Gasteiger partial charge in [0, 0.05) is 11.1 Å². The molecule has 0 heterocycles. The summed E-state index contributed by atoms with van der Waals surface area (Å²) in [5.74, 6) is -1.19. The fourth-order valence-corrected chi connectivity index (χ4v) is 4.15. The number of carboxylic acids is 1. The molecule has 152 valence electrons. The van der Waals surface area contributed by atoms with Crippen LogP contribution in [0.2, 0.25) is 0 Å². The van der Waals surface area contributed by atoms with Gasteiger partial charge in [-0.25, -0.2) is 4.79 Å². The fraction of sp³-hybridized carbons (Fsp3) is 0.231. The van der Waals surface area contributed by atoms with Crippen molar-refractivity contribution in [2.45, 2.75) is 33.1 Å². The van der Waals surface area contributed by atoms with Gasteiger partial charge < -0.3 is 9.84 Å². The zero-order valence-electron chi connectivity index (χ0n) is 17.1. The number of carbonyl (C=O) groups is 2. The maximum absolute atomic E-state index is 12.9. The molecular formula is C26H24O4. The standard InChI is InChI=1S/C26H24O4/c1-16-6-5-8-19(14-16)26(29)30-23-13-11-18-7-3-4-9-20(18)24(23)22-15-17(2)10-12-21(22)25(27)28/h3-4,7,9-15,19H,5-6,8H2,1-2H3,(H,27,28). The monoisotopic (exact) mass is 400 g/mol. The number of esters is 1. The highest BCUT2D eigenvalue weighted by Crippen LogP contribution is 2.40. The fourth-order valence-electron chi connectivity index (χ4n) is 4.15. The number of ether oxygens (including phenoxy) is 1. The number of carbonyl (C=O) groups excluding carboxylic acids is 1. The Kier molecular flexibility index (Phi) is 5.40. The number of hydrogen-bond acceptors (Lipinski definition) is 3. The van der Waals surface area contributed by atoms with Crippen LogP contribution < -0.4 is 4.74 Å². The first-order valence-corrected chi connectivity index (χ1v) is 10.2. The van der Waals surface area contributed by atoms with Crippen LogP contribution in [0.1, 0.15) is 42.1 Å². The molecule has 0 amide bonds. The van der Waals surface area contributed by atoms with Crippen LogP contribution in [0.4, 0.5) is 0 Å². The van der Waals surface area contributed by atoms with E-state index in [0.29, 0.717) is 16.9 Å². The summed E-state index contributed by atoms with van der Waals surface area (Å²) >= 11 is 0.